The van der Waals surface area contributed by atoms with Crippen LogP contribution in [-0.2, 0) is 13.1 Å². The summed E-state index contributed by atoms with van der Waals surface area (Å²) >= 11 is 0. The van der Waals surface area contributed by atoms with Crippen LogP contribution >= 0.6 is 0 Å². The standard InChI is InChI=1S/C17H23N3O/c1-2-10-19(13-15-6-4-3-5-7-15)11-12-20-14-16(18)8-9-17(20)21/h3-9,14H,2,10-13,18H2,1H3. The van der Waals surface area contributed by atoms with E-state index in [2.05, 4.69) is 36.1 Å². The lowest BCUT2D eigenvalue weighted by molar-refractivity contribution is 0.254. The Hall–Kier alpha value is -2.07. The van der Waals surface area contributed by atoms with Crippen LogP contribution in [0, 0.1) is 0 Å². The first-order valence-electron chi connectivity index (χ1n) is 7.41. The van der Waals surface area contributed by atoms with Gasteiger partial charge in [-0.25, -0.2) is 0 Å². The molecule has 1 heterocycles. The maximum atomic E-state index is 11.8. The molecule has 112 valence electrons. The topological polar surface area (TPSA) is 51.3 Å². The van der Waals surface area contributed by atoms with Crippen molar-refractivity contribution in [1.29, 1.82) is 0 Å². The molecule has 0 atom stereocenters. The Bertz CT molecular complexity index is 607. The van der Waals surface area contributed by atoms with Crippen LogP contribution in [0.1, 0.15) is 18.9 Å². The summed E-state index contributed by atoms with van der Waals surface area (Å²) in [5.41, 5.74) is 7.66. The zero-order valence-corrected chi connectivity index (χ0v) is 12.5. The van der Waals surface area contributed by atoms with E-state index in [1.54, 1.807) is 16.8 Å². The van der Waals surface area contributed by atoms with Gasteiger partial charge in [0.2, 0.25) is 0 Å². The fourth-order valence-corrected chi connectivity index (χ4v) is 2.40. The van der Waals surface area contributed by atoms with E-state index < -0.39 is 0 Å². The molecule has 4 heteroatoms. The number of nitrogen functional groups attached to an aromatic ring is 1. The summed E-state index contributed by atoms with van der Waals surface area (Å²) in [7, 11) is 0. The molecule has 1 aromatic carbocycles. The van der Waals surface area contributed by atoms with Crippen molar-refractivity contribution in [1.82, 2.24) is 9.47 Å². The Balaban J connectivity index is 1.99. The molecule has 21 heavy (non-hydrogen) atoms. The second-order valence-corrected chi connectivity index (χ2v) is 5.26. The van der Waals surface area contributed by atoms with Crippen molar-refractivity contribution in [3.05, 3.63) is 64.6 Å². The first-order chi connectivity index (χ1) is 10.2. The highest BCUT2D eigenvalue weighted by Crippen LogP contribution is 2.05. The monoisotopic (exact) mass is 285 g/mol. The smallest absolute Gasteiger partial charge is 0.250 e. The van der Waals surface area contributed by atoms with E-state index in [1.807, 2.05) is 6.07 Å². The fourth-order valence-electron chi connectivity index (χ4n) is 2.40. The third kappa shape index (κ3) is 4.76. The van der Waals surface area contributed by atoms with Gasteiger partial charge in [0.25, 0.3) is 5.56 Å². The minimum Gasteiger partial charge on any atom is -0.398 e. The third-order valence-electron chi connectivity index (χ3n) is 3.45. The maximum Gasteiger partial charge on any atom is 0.250 e. The van der Waals surface area contributed by atoms with E-state index in [-0.39, 0.29) is 5.56 Å². The SMILES string of the molecule is CCCN(CCn1cc(N)ccc1=O)Cc1ccccc1. The van der Waals surface area contributed by atoms with Gasteiger partial charge >= 0.3 is 0 Å². The molecule has 0 fully saturated rings. The van der Waals surface area contributed by atoms with Gasteiger partial charge in [-0.2, -0.15) is 0 Å². The summed E-state index contributed by atoms with van der Waals surface area (Å²) in [5, 5.41) is 0. The summed E-state index contributed by atoms with van der Waals surface area (Å²) in [6.45, 7) is 5.60. The number of hydrogen-bond donors (Lipinski definition) is 1. The molecule has 4 nitrogen and oxygen atoms in total. The molecule has 0 unspecified atom stereocenters. The number of aromatic nitrogens is 1. The molecular weight excluding hydrogens is 262 g/mol. The van der Waals surface area contributed by atoms with Crippen molar-refractivity contribution in [2.45, 2.75) is 26.4 Å². The average molecular weight is 285 g/mol. The molecule has 2 aromatic rings. The average Bonchev–Trinajstić information content (AvgIpc) is 2.49. The van der Waals surface area contributed by atoms with Crippen LogP contribution in [0.4, 0.5) is 5.69 Å². The van der Waals surface area contributed by atoms with Gasteiger partial charge < -0.3 is 10.3 Å². The van der Waals surface area contributed by atoms with Crippen LogP contribution in [0.3, 0.4) is 0 Å². The molecule has 0 bridgehead atoms. The summed E-state index contributed by atoms with van der Waals surface area (Å²) in [6.07, 6.45) is 2.81. The number of anilines is 1. The maximum absolute atomic E-state index is 11.8. The van der Waals surface area contributed by atoms with Crippen molar-refractivity contribution in [2.75, 3.05) is 18.8 Å². The predicted octanol–water partition coefficient (Wildman–Crippen LogP) is 2.34. The first-order valence-corrected chi connectivity index (χ1v) is 7.41. The molecule has 0 saturated carbocycles. The predicted molar refractivity (Wildman–Crippen MR) is 87.1 cm³/mol. The second-order valence-electron chi connectivity index (χ2n) is 5.26. The lowest BCUT2D eigenvalue weighted by Gasteiger charge is -2.22. The minimum atomic E-state index is 0.000333. The molecule has 0 saturated heterocycles. The van der Waals surface area contributed by atoms with Crippen molar-refractivity contribution in [3.8, 4) is 0 Å². The number of rotatable bonds is 7. The minimum absolute atomic E-state index is 0.000333. The van der Waals surface area contributed by atoms with Gasteiger partial charge in [0, 0.05) is 37.6 Å². The second kappa shape index (κ2) is 7.64. The Labute approximate surface area is 125 Å². The van der Waals surface area contributed by atoms with E-state index in [9.17, 15) is 4.79 Å². The number of pyridine rings is 1. The first kappa shape index (κ1) is 15.3. The Kier molecular flexibility index (Phi) is 5.58. The third-order valence-corrected chi connectivity index (χ3v) is 3.45. The molecule has 1 aromatic heterocycles. The van der Waals surface area contributed by atoms with Crippen molar-refractivity contribution in [2.24, 2.45) is 0 Å². The Morgan fingerprint density at radius 1 is 1.10 bits per heavy atom. The number of nitrogens with zero attached hydrogens (tertiary/aromatic N) is 2. The van der Waals surface area contributed by atoms with Crippen LogP contribution in [0.5, 0.6) is 0 Å². The molecule has 0 amide bonds. The van der Waals surface area contributed by atoms with Gasteiger partial charge in [0.05, 0.1) is 0 Å². The largest absolute Gasteiger partial charge is 0.398 e. The summed E-state index contributed by atoms with van der Waals surface area (Å²) in [4.78, 5) is 14.2. The molecule has 2 rings (SSSR count). The summed E-state index contributed by atoms with van der Waals surface area (Å²) in [5.74, 6) is 0. The zero-order valence-electron chi connectivity index (χ0n) is 12.5. The molecule has 0 radical (unpaired) electrons. The summed E-state index contributed by atoms with van der Waals surface area (Å²) in [6, 6.07) is 13.6. The van der Waals surface area contributed by atoms with E-state index in [0.717, 1.165) is 26.1 Å². The molecule has 0 aliphatic heterocycles. The lowest BCUT2D eigenvalue weighted by Crippen LogP contribution is -2.31. The van der Waals surface area contributed by atoms with Crippen LogP contribution in [0.15, 0.2) is 53.5 Å². The van der Waals surface area contributed by atoms with Crippen molar-refractivity contribution < 1.29 is 0 Å². The number of benzene rings is 1. The van der Waals surface area contributed by atoms with Gasteiger partial charge in [-0.15, -0.1) is 0 Å². The molecule has 0 spiro atoms. The van der Waals surface area contributed by atoms with Crippen molar-refractivity contribution in [3.63, 3.8) is 0 Å². The number of hydrogen-bond acceptors (Lipinski definition) is 3. The molecule has 0 aliphatic rings. The van der Waals surface area contributed by atoms with E-state index >= 15 is 0 Å². The normalized spacial score (nSPS) is 11.0. The molecule has 0 aliphatic carbocycles. The Morgan fingerprint density at radius 2 is 1.86 bits per heavy atom. The van der Waals surface area contributed by atoms with E-state index in [4.69, 9.17) is 5.73 Å². The molecule has 2 N–H and O–H groups in total. The summed E-state index contributed by atoms with van der Waals surface area (Å²) < 4.78 is 1.68. The number of nitrogens with two attached hydrogens (primary N) is 1. The highest BCUT2D eigenvalue weighted by molar-refractivity contribution is 5.33. The Morgan fingerprint density at radius 3 is 2.57 bits per heavy atom. The van der Waals surface area contributed by atoms with Crippen LogP contribution in [-0.4, -0.2) is 22.6 Å². The van der Waals surface area contributed by atoms with Gasteiger partial charge in [-0.05, 0) is 24.6 Å². The van der Waals surface area contributed by atoms with Gasteiger partial charge in [0.1, 0.15) is 0 Å². The fraction of sp³-hybridized carbons (Fsp3) is 0.353. The van der Waals surface area contributed by atoms with Gasteiger partial charge in [-0.1, -0.05) is 37.3 Å². The highest BCUT2D eigenvalue weighted by Gasteiger charge is 2.06. The van der Waals surface area contributed by atoms with E-state index in [1.165, 1.54) is 11.6 Å². The van der Waals surface area contributed by atoms with Gasteiger partial charge in [0.15, 0.2) is 0 Å². The van der Waals surface area contributed by atoms with E-state index in [0.29, 0.717) is 12.2 Å². The van der Waals surface area contributed by atoms with Crippen molar-refractivity contribution >= 4 is 5.69 Å². The van der Waals surface area contributed by atoms with Crippen LogP contribution in [0.25, 0.3) is 0 Å². The van der Waals surface area contributed by atoms with Crippen LogP contribution in [0.2, 0.25) is 0 Å². The van der Waals surface area contributed by atoms with Crippen LogP contribution < -0.4 is 11.3 Å². The quantitative estimate of drug-likeness (QED) is 0.849. The molecular formula is C17H23N3O. The zero-order chi connectivity index (χ0) is 15.1. The highest BCUT2D eigenvalue weighted by atomic mass is 16.1. The lowest BCUT2D eigenvalue weighted by atomic mass is 10.2. The van der Waals surface area contributed by atoms with Gasteiger partial charge in [-0.3, -0.25) is 9.69 Å².